The molecule has 2 aromatic carbocycles. The first-order chi connectivity index (χ1) is 11.7. The van der Waals surface area contributed by atoms with Crippen molar-refractivity contribution in [3.05, 3.63) is 54.6 Å². The van der Waals surface area contributed by atoms with E-state index in [2.05, 4.69) is 4.72 Å². The summed E-state index contributed by atoms with van der Waals surface area (Å²) in [4.78, 5) is 12.1. The molecular formula is C18H21NO5S. The van der Waals surface area contributed by atoms with Gasteiger partial charge in [0.05, 0.1) is 17.2 Å². The third kappa shape index (κ3) is 4.96. The molecule has 6 nitrogen and oxygen atoms in total. The lowest BCUT2D eigenvalue weighted by atomic mass is 10.1. The zero-order valence-corrected chi connectivity index (χ0v) is 15.2. The van der Waals surface area contributed by atoms with Gasteiger partial charge in [-0.3, -0.25) is 4.72 Å². The lowest BCUT2D eigenvalue weighted by Crippen LogP contribution is -2.39. The number of hydrogen-bond donors (Lipinski definition) is 1. The fourth-order valence-corrected chi connectivity index (χ4v) is 3.15. The van der Waals surface area contributed by atoms with Gasteiger partial charge in [0.2, 0.25) is 0 Å². The van der Waals surface area contributed by atoms with E-state index in [0.717, 1.165) is 0 Å². The average Bonchev–Trinajstić information content (AvgIpc) is 2.55. The molecule has 134 valence electrons. The molecule has 0 fully saturated rings. The molecule has 0 saturated heterocycles. The smallest absolute Gasteiger partial charge is 0.349 e. The van der Waals surface area contributed by atoms with Crippen molar-refractivity contribution < 1.29 is 22.7 Å². The molecule has 0 aliphatic heterocycles. The Hall–Kier alpha value is -2.54. The minimum atomic E-state index is -3.70. The normalized spacial score (nSPS) is 11.6. The van der Waals surface area contributed by atoms with Gasteiger partial charge in [-0.1, -0.05) is 24.3 Å². The molecule has 0 aliphatic rings. The minimum Gasteiger partial charge on any atom is -0.476 e. The molecule has 7 heteroatoms. The largest absolute Gasteiger partial charge is 0.476 e. The van der Waals surface area contributed by atoms with Crippen molar-refractivity contribution in [2.24, 2.45) is 0 Å². The van der Waals surface area contributed by atoms with E-state index in [-0.39, 0.29) is 11.5 Å². The molecule has 0 unspecified atom stereocenters. The van der Waals surface area contributed by atoms with Crippen LogP contribution in [0.3, 0.4) is 0 Å². The Kier molecular flexibility index (Phi) is 5.69. The van der Waals surface area contributed by atoms with Crippen LogP contribution in [0.5, 0.6) is 5.75 Å². The van der Waals surface area contributed by atoms with Gasteiger partial charge in [0.25, 0.3) is 10.0 Å². The van der Waals surface area contributed by atoms with Gasteiger partial charge in [-0.2, -0.15) is 0 Å². The molecule has 0 aromatic heterocycles. The van der Waals surface area contributed by atoms with Crippen LogP contribution in [0.4, 0.5) is 5.69 Å². The Bertz CT molecular complexity index is 832. The van der Waals surface area contributed by atoms with Gasteiger partial charge in [0.15, 0.2) is 5.60 Å². The summed E-state index contributed by atoms with van der Waals surface area (Å²) in [5.74, 6) is -0.142. The Morgan fingerprint density at radius 2 is 1.76 bits per heavy atom. The van der Waals surface area contributed by atoms with E-state index in [4.69, 9.17) is 9.47 Å². The number of anilines is 1. The molecule has 1 N–H and O–H groups in total. The Labute approximate surface area is 147 Å². The van der Waals surface area contributed by atoms with E-state index in [1.165, 1.54) is 18.2 Å². The average molecular weight is 363 g/mol. The van der Waals surface area contributed by atoms with Gasteiger partial charge in [0.1, 0.15) is 5.75 Å². The number of rotatable bonds is 7. The monoisotopic (exact) mass is 363 g/mol. The highest BCUT2D eigenvalue weighted by atomic mass is 32.2. The van der Waals surface area contributed by atoms with Gasteiger partial charge in [-0.25, -0.2) is 13.2 Å². The zero-order chi connectivity index (χ0) is 18.5. The van der Waals surface area contributed by atoms with Crippen molar-refractivity contribution in [1.29, 1.82) is 0 Å². The SMILES string of the molecule is CCOC(=O)C(C)(C)Oc1cccc(NS(=O)(=O)c2ccccc2)c1. The third-order valence-electron chi connectivity index (χ3n) is 3.28. The number of carbonyl (C=O) groups excluding carboxylic acids is 1. The van der Waals surface area contributed by atoms with E-state index < -0.39 is 21.6 Å². The van der Waals surface area contributed by atoms with E-state index >= 15 is 0 Å². The van der Waals surface area contributed by atoms with Crippen molar-refractivity contribution in [2.75, 3.05) is 11.3 Å². The lowest BCUT2D eigenvalue weighted by Gasteiger charge is -2.24. The van der Waals surface area contributed by atoms with Crippen molar-refractivity contribution in [3.63, 3.8) is 0 Å². The van der Waals surface area contributed by atoms with Gasteiger partial charge < -0.3 is 9.47 Å². The highest BCUT2D eigenvalue weighted by molar-refractivity contribution is 7.92. The molecule has 0 aliphatic carbocycles. The van der Waals surface area contributed by atoms with Gasteiger partial charge >= 0.3 is 5.97 Å². The van der Waals surface area contributed by atoms with Crippen LogP contribution in [0.25, 0.3) is 0 Å². The van der Waals surface area contributed by atoms with Crippen molar-refractivity contribution in [2.45, 2.75) is 31.3 Å². The van der Waals surface area contributed by atoms with Crippen LogP contribution in [0.1, 0.15) is 20.8 Å². The number of ether oxygens (including phenoxy) is 2. The van der Waals surface area contributed by atoms with Crippen LogP contribution >= 0.6 is 0 Å². The molecule has 0 bridgehead atoms. The van der Waals surface area contributed by atoms with E-state index in [9.17, 15) is 13.2 Å². The first kappa shape index (κ1) is 18.8. The molecule has 0 saturated carbocycles. The summed E-state index contributed by atoms with van der Waals surface area (Å²) in [7, 11) is -3.70. The van der Waals surface area contributed by atoms with Crippen molar-refractivity contribution >= 4 is 21.7 Å². The predicted molar refractivity (Wildman–Crippen MR) is 95.0 cm³/mol. The van der Waals surface area contributed by atoms with E-state index in [0.29, 0.717) is 11.4 Å². The van der Waals surface area contributed by atoms with Gasteiger partial charge in [0, 0.05) is 6.07 Å². The number of nitrogens with one attached hydrogen (secondary N) is 1. The maximum absolute atomic E-state index is 12.4. The third-order valence-corrected chi connectivity index (χ3v) is 4.68. The quantitative estimate of drug-likeness (QED) is 0.764. The standard InChI is InChI=1S/C18H21NO5S/c1-4-23-17(20)18(2,3)24-15-10-8-9-14(13-15)19-25(21,22)16-11-6-5-7-12-16/h5-13,19H,4H2,1-3H3. The Morgan fingerprint density at radius 1 is 1.08 bits per heavy atom. The summed E-state index contributed by atoms with van der Waals surface area (Å²) in [6, 6.07) is 14.4. The maximum atomic E-state index is 12.4. The first-order valence-electron chi connectivity index (χ1n) is 7.79. The summed E-state index contributed by atoms with van der Waals surface area (Å²) >= 11 is 0. The molecule has 2 rings (SSSR count). The summed E-state index contributed by atoms with van der Waals surface area (Å²) < 4.78 is 37.9. The molecule has 25 heavy (non-hydrogen) atoms. The van der Waals surface area contributed by atoms with Crippen LogP contribution in [-0.2, 0) is 19.6 Å². The fraction of sp³-hybridized carbons (Fsp3) is 0.278. The topological polar surface area (TPSA) is 81.7 Å². The predicted octanol–water partition coefficient (Wildman–Crippen LogP) is 3.21. The number of esters is 1. The minimum absolute atomic E-state index is 0.160. The summed E-state index contributed by atoms with van der Waals surface area (Å²) in [6.07, 6.45) is 0. The number of sulfonamides is 1. The second kappa shape index (κ2) is 7.57. The fourth-order valence-electron chi connectivity index (χ4n) is 2.08. The Morgan fingerprint density at radius 3 is 2.40 bits per heavy atom. The molecular weight excluding hydrogens is 342 g/mol. The molecule has 2 aromatic rings. The summed E-state index contributed by atoms with van der Waals surface area (Å²) in [6.45, 7) is 5.15. The van der Waals surface area contributed by atoms with E-state index in [1.807, 2.05) is 0 Å². The molecule has 0 amide bonds. The van der Waals surface area contributed by atoms with Crippen molar-refractivity contribution in [3.8, 4) is 5.75 Å². The highest BCUT2D eigenvalue weighted by Gasteiger charge is 2.31. The maximum Gasteiger partial charge on any atom is 0.349 e. The van der Waals surface area contributed by atoms with Crippen LogP contribution < -0.4 is 9.46 Å². The number of carbonyl (C=O) groups is 1. The Balaban J connectivity index is 2.18. The second-order valence-electron chi connectivity index (χ2n) is 5.78. The van der Waals surface area contributed by atoms with E-state index in [1.54, 1.807) is 57.2 Å². The first-order valence-corrected chi connectivity index (χ1v) is 9.27. The van der Waals surface area contributed by atoms with Gasteiger partial charge in [-0.15, -0.1) is 0 Å². The highest BCUT2D eigenvalue weighted by Crippen LogP contribution is 2.24. The molecule has 0 heterocycles. The second-order valence-corrected chi connectivity index (χ2v) is 7.46. The van der Waals surface area contributed by atoms with Crippen LogP contribution in [0, 0.1) is 0 Å². The van der Waals surface area contributed by atoms with Gasteiger partial charge in [-0.05, 0) is 45.0 Å². The molecule has 0 radical (unpaired) electrons. The molecule has 0 spiro atoms. The lowest BCUT2D eigenvalue weighted by molar-refractivity contribution is -0.158. The van der Waals surface area contributed by atoms with Crippen LogP contribution in [-0.4, -0.2) is 26.6 Å². The number of hydrogen-bond acceptors (Lipinski definition) is 5. The summed E-state index contributed by atoms with van der Waals surface area (Å²) in [5, 5.41) is 0. The van der Waals surface area contributed by atoms with Crippen LogP contribution in [0.2, 0.25) is 0 Å². The van der Waals surface area contributed by atoms with Crippen molar-refractivity contribution in [1.82, 2.24) is 0 Å². The zero-order valence-electron chi connectivity index (χ0n) is 14.4. The van der Waals surface area contributed by atoms with Crippen LogP contribution in [0.15, 0.2) is 59.5 Å². The number of benzene rings is 2. The molecule has 0 atom stereocenters. The summed E-state index contributed by atoms with van der Waals surface area (Å²) in [5.41, 5.74) is -0.853.